The number of hydrogen-bond acceptors (Lipinski definition) is 6. The van der Waals surface area contributed by atoms with Crippen molar-refractivity contribution in [2.45, 2.75) is 80.1 Å². The van der Waals surface area contributed by atoms with Crippen LogP contribution in [0.15, 0.2) is 0 Å². The van der Waals surface area contributed by atoms with Crippen molar-refractivity contribution in [2.75, 3.05) is 25.2 Å². The van der Waals surface area contributed by atoms with Gasteiger partial charge in [-0.2, -0.15) is 11.8 Å². The Morgan fingerprint density at radius 1 is 1.04 bits per heavy atom. The molecular weight excluding hydrogens is 354 g/mol. The van der Waals surface area contributed by atoms with Crippen LogP contribution in [-0.2, 0) is 9.84 Å². The average Bonchev–Trinajstić information content (AvgIpc) is 3.24. The number of nitrogens with one attached hydrogen (secondary N) is 2. The lowest BCUT2D eigenvalue weighted by Gasteiger charge is -2.42. The van der Waals surface area contributed by atoms with E-state index in [9.17, 15) is 8.42 Å². The van der Waals surface area contributed by atoms with Gasteiger partial charge in [0.15, 0.2) is 0 Å². The van der Waals surface area contributed by atoms with E-state index < -0.39 is 9.84 Å². The molecular formula is C18H33N3O2S2. The second-order valence-electron chi connectivity index (χ2n) is 8.54. The second-order valence-corrected chi connectivity index (χ2v) is 12.3. The number of thioether (sulfide) groups is 1. The van der Waals surface area contributed by atoms with E-state index in [1.165, 1.54) is 44.2 Å². The molecule has 1 saturated carbocycles. The van der Waals surface area contributed by atoms with Crippen molar-refractivity contribution in [1.29, 1.82) is 0 Å². The molecule has 1 aliphatic carbocycles. The summed E-state index contributed by atoms with van der Waals surface area (Å²) < 4.78 is 23.6. The molecule has 5 nitrogen and oxygen atoms in total. The van der Waals surface area contributed by atoms with Crippen LogP contribution in [0, 0.1) is 5.92 Å². The van der Waals surface area contributed by atoms with Crippen molar-refractivity contribution in [3.8, 4) is 0 Å². The first kappa shape index (κ1) is 18.5. The highest BCUT2D eigenvalue weighted by molar-refractivity contribution is 8.00. The Labute approximate surface area is 157 Å². The van der Waals surface area contributed by atoms with Crippen LogP contribution < -0.4 is 10.6 Å². The maximum Gasteiger partial charge on any atom is 0.150 e. The van der Waals surface area contributed by atoms with Crippen molar-refractivity contribution < 1.29 is 8.42 Å². The minimum atomic E-state index is -2.86. The summed E-state index contributed by atoms with van der Waals surface area (Å²) in [4.78, 5) is 2.63. The Bertz CT molecular complexity index is 557. The molecule has 0 radical (unpaired) electrons. The molecule has 3 heterocycles. The van der Waals surface area contributed by atoms with Gasteiger partial charge in [-0.25, -0.2) is 8.42 Å². The van der Waals surface area contributed by atoms with Gasteiger partial charge < -0.3 is 0 Å². The van der Waals surface area contributed by atoms with Gasteiger partial charge in [0.05, 0.1) is 11.4 Å². The molecule has 0 bridgehead atoms. The summed E-state index contributed by atoms with van der Waals surface area (Å²) in [7, 11) is -2.86. The summed E-state index contributed by atoms with van der Waals surface area (Å²) in [6.07, 6.45) is 11.0. The third-order valence-corrected chi connectivity index (χ3v) is 9.92. The molecule has 0 aromatic rings. The fourth-order valence-electron chi connectivity index (χ4n) is 5.36. The normalized spacial score (nSPS) is 43.2. The number of nitrogens with zero attached hydrogens (tertiary/aromatic N) is 1. The standard InChI is InChI=1S/C18H33N3O2S2/c1-25(22,23)15-6-4-13(5-7-15)16-8-9-17-18(20-16)21(12-19-17)11-14-3-2-10-24-14/h13-20H,2-12H2,1H3. The quantitative estimate of drug-likeness (QED) is 0.767. The summed E-state index contributed by atoms with van der Waals surface area (Å²) in [6, 6.07) is 1.16. The lowest BCUT2D eigenvalue weighted by Crippen LogP contribution is -2.58. The van der Waals surface area contributed by atoms with E-state index in [0.717, 1.165) is 37.6 Å². The van der Waals surface area contributed by atoms with Gasteiger partial charge in [-0.15, -0.1) is 0 Å². The number of piperidine rings is 1. The van der Waals surface area contributed by atoms with Crippen LogP contribution >= 0.6 is 11.8 Å². The van der Waals surface area contributed by atoms with Gasteiger partial charge in [0, 0.05) is 36.8 Å². The molecule has 0 spiro atoms. The van der Waals surface area contributed by atoms with E-state index in [1.807, 2.05) is 0 Å². The van der Waals surface area contributed by atoms with Crippen molar-refractivity contribution in [2.24, 2.45) is 5.92 Å². The number of sulfone groups is 1. The van der Waals surface area contributed by atoms with Crippen LogP contribution in [0.25, 0.3) is 0 Å². The zero-order chi connectivity index (χ0) is 17.4. The number of rotatable bonds is 4. The van der Waals surface area contributed by atoms with E-state index in [0.29, 0.717) is 24.2 Å². The molecule has 144 valence electrons. The molecule has 0 aromatic carbocycles. The Hall–Kier alpha value is 0.180. The molecule has 7 heteroatoms. The van der Waals surface area contributed by atoms with Gasteiger partial charge in [0.2, 0.25) is 0 Å². The van der Waals surface area contributed by atoms with E-state index in [4.69, 9.17) is 0 Å². The molecule has 4 atom stereocenters. The zero-order valence-corrected chi connectivity index (χ0v) is 17.0. The minimum Gasteiger partial charge on any atom is -0.299 e. The summed E-state index contributed by atoms with van der Waals surface area (Å²) in [5.74, 6) is 1.99. The fourth-order valence-corrected chi connectivity index (χ4v) is 7.79. The van der Waals surface area contributed by atoms with E-state index >= 15 is 0 Å². The minimum absolute atomic E-state index is 0.0934. The summed E-state index contributed by atoms with van der Waals surface area (Å²) in [5.41, 5.74) is 0. The predicted molar refractivity (Wildman–Crippen MR) is 105 cm³/mol. The Morgan fingerprint density at radius 3 is 2.48 bits per heavy atom. The SMILES string of the molecule is CS(=O)(=O)C1CCC(C2CCC3NCN(CC4CCCS4)C3N2)CC1. The maximum atomic E-state index is 11.8. The first-order chi connectivity index (χ1) is 12.0. The zero-order valence-electron chi connectivity index (χ0n) is 15.3. The maximum absolute atomic E-state index is 11.8. The van der Waals surface area contributed by atoms with Gasteiger partial charge in [-0.1, -0.05) is 0 Å². The van der Waals surface area contributed by atoms with Crippen molar-refractivity contribution >= 4 is 21.6 Å². The van der Waals surface area contributed by atoms with E-state index in [-0.39, 0.29) is 5.25 Å². The number of hydrogen-bond donors (Lipinski definition) is 2. The van der Waals surface area contributed by atoms with Gasteiger partial charge in [-0.05, 0) is 63.0 Å². The Balaban J connectivity index is 1.32. The summed E-state index contributed by atoms with van der Waals surface area (Å²) in [6.45, 7) is 2.23. The van der Waals surface area contributed by atoms with Crippen LogP contribution in [0.4, 0.5) is 0 Å². The third-order valence-electron chi connectivity index (χ3n) is 6.86. The topological polar surface area (TPSA) is 61.4 Å². The van der Waals surface area contributed by atoms with Crippen LogP contribution in [0.5, 0.6) is 0 Å². The summed E-state index contributed by atoms with van der Waals surface area (Å²) in [5, 5.41) is 8.39. The van der Waals surface area contributed by atoms with E-state index in [1.54, 1.807) is 0 Å². The molecule has 3 aliphatic heterocycles. The molecule has 3 saturated heterocycles. The van der Waals surface area contributed by atoms with Gasteiger partial charge in [-0.3, -0.25) is 15.5 Å². The second kappa shape index (κ2) is 7.66. The number of fused-ring (bicyclic) bond motifs is 1. The Kier molecular flexibility index (Phi) is 5.68. The first-order valence-corrected chi connectivity index (χ1v) is 13.0. The molecule has 4 fully saturated rings. The Morgan fingerprint density at radius 2 is 1.80 bits per heavy atom. The van der Waals surface area contributed by atoms with Crippen molar-refractivity contribution in [3.05, 3.63) is 0 Å². The highest BCUT2D eigenvalue weighted by Crippen LogP contribution is 2.35. The molecule has 25 heavy (non-hydrogen) atoms. The lowest BCUT2D eigenvalue weighted by atomic mass is 9.79. The molecule has 4 aliphatic rings. The largest absolute Gasteiger partial charge is 0.299 e. The first-order valence-electron chi connectivity index (χ1n) is 10.0. The van der Waals surface area contributed by atoms with Crippen LogP contribution in [0.3, 0.4) is 0 Å². The third kappa shape index (κ3) is 4.21. The predicted octanol–water partition coefficient (Wildman–Crippen LogP) is 1.79. The van der Waals surface area contributed by atoms with Gasteiger partial charge in [0.25, 0.3) is 0 Å². The summed E-state index contributed by atoms with van der Waals surface area (Å²) >= 11 is 2.15. The molecule has 4 rings (SSSR count). The average molecular weight is 388 g/mol. The lowest BCUT2D eigenvalue weighted by molar-refractivity contribution is 0.123. The fraction of sp³-hybridized carbons (Fsp3) is 1.00. The van der Waals surface area contributed by atoms with Crippen molar-refractivity contribution in [3.63, 3.8) is 0 Å². The van der Waals surface area contributed by atoms with E-state index in [2.05, 4.69) is 27.3 Å². The molecule has 2 N–H and O–H groups in total. The molecule has 4 unspecified atom stereocenters. The smallest absolute Gasteiger partial charge is 0.150 e. The molecule has 0 aromatic heterocycles. The van der Waals surface area contributed by atoms with Gasteiger partial charge in [0.1, 0.15) is 9.84 Å². The van der Waals surface area contributed by atoms with Crippen LogP contribution in [0.1, 0.15) is 51.4 Å². The van der Waals surface area contributed by atoms with Crippen molar-refractivity contribution in [1.82, 2.24) is 15.5 Å². The van der Waals surface area contributed by atoms with Crippen LogP contribution in [-0.4, -0.2) is 67.3 Å². The highest BCUT2D eigenvalue weighted by atomic mass is 32.2. The monoisotopic (exact) mass is 387 g/mol. The highest BCUT2D eigenvalue weighted by Gasteiger charge is 2.42. The molecule has 0 amide bonds. The van der Waals surface area contributed by atoms with Gasteiger partial charge >= 0.3 is 0 Å². The van der Waals surface area contributed by atoms with Crippen LogP contribution in [0.2, 0.25) is 0 Å².